The van der Waals surface area contributed by atoms with Gasteiger partial charge < -0.3 is 10.6 Å². The zero-order chi connectivity index (χ0) is 11.7. The number of rotatable bonds is 8. The van der Waals surface area contributed by atoms with E-state index in [1.807, 2.05) is 6.92 Å². The minimum Gasteiger partial charge on any atom is -0.356 e. The lowest BCUT2D eigenvalue weighted by atomic mass is 10.4. The third-order valence-electron chi connectivity index (χ3n) is 1.71. The Morgan fingerprint density at radius 3 is 2.53 bits per heavy atom. The summed E-state index contributed by atoms with van der Waals surface area (Å²) in [6, 6.07) is 0. The molecule has 4 N–H and O–H groups in total. The van der Waals surface area contributed by atoms with Crippen LogP contribution in [0.1, 0.15) is 19.8 Å². The van der Waals surface area contributed by atoms with Crippen LogP contribution in [-0.2, 0) is 14.8 Å². The maximum absolute atomic E-state index is 11.1. The van der Waals surface area contributed by atoms with E-state index in [-0.39, 0.29) is 11.7 Å². The summed E-state index contributed by atoms with van der Waals surface area (Å²) in [5.74, 6) is -0.175. The number of hydrogen-bond donors (Lipinski definition) is 3. The second-order valence-electron chi connectivity index (χ2n) is 3.17. The van der Waals surface area contributed by atoms with Gasteiger partial charge >= 0.3 is 0 Å². The van der Waals surface area contributed by atoms with Crippen molar-refractivity contribution in [2.24, 2.45) is 5.14 Å². The van der Waals surface area contributed by atoms with Crippen molar-refractivity contribution in [3.8, 4) is 0 Å². The molecular weight excluding hydrogens is 218 g/mol. The van der Waals surface area contributed by atoms with Crippen molar-refractivity contribution in [3.05, 3.63) is 0 Å². The van der Waals surface area contributed by atoms with E-state index in [4.69, 9.17) is 5.14 Å². The summed E-state index contributed by atoms with van der Waals surface area (Å²) < 4.78 is 21.1. The van der Waals surface area contributed by atoms with Crippen LogP contribution in [0.5, 0.6) is 0 Å². The molecule has 0 aliphatic heterocycles. The summed E-state index contributed by atoms with van der Waals surface area (Å²) in [5.41, 5.74) is 0. The van der Waals surface area contributed by atoms with Crippen LogP contribution in [0.2, 0.25) is 0 Å². The highest BCUT2D eigenvalue weighted by Crippen LogP contribution is 1.84. The number of nitrogens with two attached hydrogens (primary N) is 1. The first kappa shape index (κ1) is 14.3. The first-order chi connectivity index (χ1) is 6.95. The molecule has 0 rings (SSSR count). The maximum atomic E-state index is 11.1. The molecule has 0 spiro atoms. The lowest BCUT2D eigenvalue weighted by Gasteiger charge is -2.04. The van der Waals surface area contributed by atoms with Gasteiger partial charge in [0, 0.05) is 19.5 Å². The van der Waals surface area contributed by atoms with Crippen LogP contribution >= 0.6 is 0 Å². The van der Waals surface area contributed by atoms with Crippen LogP contribution < -0.4 is 15.8 Å². The topological polar surface area (TPSA) is 101 Å². The molecule has 7 heteroatoms. The molecular formula is C8H19N3O3S. The van der Waals surface area contributed by atoms with Crippen molar-refractivity contribution in [2.45, 2.75) is 19.8 Å². The van der Waals surface area contributed by atoms with Gasteiger partial charge in [-0.2, -0.15) is 0 Å². The van der Waals surface area contributed by atoms with Crippen molar-refractivity contribution in [1.29, 1.82) is 0 Å². The molecule has 0 saturated carbocycles. The Morgan fingerprint density at radius 2 is 2.00 bits per heavy atom. The molecule has 0 bridgehead atoms. The van der Waals surface area contributed by atoms with Gasteiger partial charge in [-0.15, -0.1) is 0 Å². The van der Waals surface area contributed by atoms with Crippen molar-refractivity contribution >= 4 is 15.9 Å². The normalized spacial score (nSPS) is 11.3. The summed E-state index contributed by atoms with van der Waals surface area (Å²) >= 11 is 0. The Morgan fingerprint density at radius 1 is 1.33 bits per heavy atom. The largest absolute Gasteiger partial charge is 0.356 e. The molecule has 0 aromatic heterocycles. The van der Waals surface area contributed by atoms with Gasteiger partial charge in [-0.1, -0.05) is 6.92 Å². The second kappa shape index (κ2) is 7.61. The molecule has 15 heavy (non-hydrogen) atoms. The van der Waals surface area contributed by atoms with Gasteiger partial charge in [-0.3, -0.25) is 4.79 Å². The Balaban J connectivity index is 3.39. The predicted octanol–water partition coefficient (Wildman–Crippen LogP) is -1.22. The molecule has 0 fully saturated rings. The summed E-state index contributed by atoms with van der Waals surface area (Å²) in [6.07, 6.45) is 0.759. The molecule has 1 amide bonds. The minimum atomic E-state index is -3.41. The van der Waals surface area contributed by atoms with E-state index in [0.29, 0.717) is 25.9 Å². The highest BCUT2D eigenvalue weighted by molar-refractivity contribution is 7.89. The summed E-state index contributed by atoms with van der Waals surface area (Å²) in [4.78, 5) is 11.1. The van der Waals surface area contributed by atoms with Crippen molar-refractivity contribution in [1.82, 2.24) is 10.6 Å². The van der Waals surface area contributed by atoms with Crippen LogP contribution in [0.15, 0.2) is 0 Å². The third-order valence-corrected chi connectivity index (χ3v) is 2.56. The van der Waals surface area contributed by atoms with Crippen LogP contribution in [-0.4, -0.2) is 39.7 Å². The standard InChI is InChI=1S/C8H19N3O3S/c1-2-10-6-4-8(12)11-5-3-7-15(9,13)14/h10H,2-7H2,1H3,(H,11,12)(H2,9,13,14). The van der Waals surface area contributed by atoms with E-state index < -0.39 is 10.0 Å². The van der Waals surface area contributed by atoms with Crippen LogP contribution in [0.3, 0.4) is 0 Å². The molecule has 0 heterocycles. The Bertz CT molecular complexity index is 277. The average Bonchev–Trinajstić information content (AvgIpc) is 2.11. The van der Waals surface area contributed by atoms with Crippen LogP contribution in [0.25, 0.3) is 0 Å². The van der Waals surface area contributed by atoms with Gasteiger partial charge in [0.1, 0.15) is 0 Å². The maximum Gasteiger partial charge on any atom is 0.221 e. The van der Waals surface area contributed by atoms with Gasteiger partial charge in [0.2, 0.25) is 15.9 Å². The Labute approximate surface area is 90.7 Å². The number of nitrogens with one attached hydrogen (secondary N) is 2. The van der Waals surface area contributed by atoms with Crippen molar-refractivity contribution in [3.63, 3.8) is 0 Å². The van der Waals surface area contributed by atoms with E-state index in [2.05, 4.69) is 10.6 Å². The van der Waals surface area contributed by atoms with Gasteiger partial charge in [0.15, 0.2) is 0 Å². The summed E-state index contributed by atoms with van der Waals surface area (Å²) in [5, 5.41) is 10.4. The Kier molecular flexibility index (Phi) is 7.27. The number of hydrogen-bond acceptors (Lipinski definition) is 4. The number of amides is 1. The van der Waals surface area contributed by atoms with E-state index in [1.165, 1.54) is 0 Å². The molecule has 0 aromatic rings. The zero-order valence-corrected chi connectivity index (χ0v) is 9.77. The first-order valence-electron chi connectivity index (χ1n) is 4.93. The number of sulfonamides is 1. The van der Waals surface area contributed by atoms with Gasteiger partial charge in [-0.05, 0) is 13.0 Å². The lowest BCUT2D eigenvalue weighted by Crippen LogP contribution is -2.29. The molecule has 90 valence electrons. The smallest absolute Gasteiger partial charge is 0.221 e. The molecule has 0 saturated heterocycles. The minimum absolute atomic E-state index is 0.0784. The highest BCUT2D eigenvalue weighted by atomic mass is 32.2. The Hall–Kier alpha value is -0.660. The zero-order valence-electron chi connectivity index (χ0n) is 8.95. The average molecular weight is 237 g/mol. The monoisotopic (exact) mass is 237 g/mol. The van der Waals surface area contributed by atoms with Crippen LogP contribution in [0, 0.1) is 0 Å². The summed E-state index contributed by atoms with van der Waals surface area (Å²) in [6.45, 7) is 3.78. The van der Waals surface area contributed by atoms with Gasteiger partial charge in [0.25, 0.3) is 0 Å². The molecule has 0 aromatic carbocycles. The quantitative estimate of drug-likeness (QED) is 0.461. The van der Waals surface area contributed by atoms with E-state index in [9.17, 15) is 13.2 Å². The lowest BCUT2D eigenvalue weighted by molar-refractivity contribution is -0.120. The number of primary sulfonamides is 1. The van der Waals surface area contributed by atoms with Gasteiger partial charge in [-0.25, -0.2) is 13.6 Å². The molecule has 6 nitrogen and oxygen atoms in total. The van der Waals surface area contributed by atoms with E-state index >= 15 is 0 Å². The molecule has 0 aliphatic carbocycles. The first-order valence-corrected chi connectivity index (χ1v) is 6.65. The third kappa shape index (κ3) is 11.3. The second-order valence-corrected chi connectivity index (χ2v) is 4.91. The fourth-order valence-corrected chi connectivity index (χ4v) is 1.51. The van der Waals surface area contributed by atoms with E-state index in [0.717, 1.165) is 6.54 Å². The predicted molar refractivity (Wildman–Crippen MR) is 58.8 cm³/mol. The van der Waals surface area contributed by atoms with Crippen molar-refractivity contribution < 1.29 is 13.2 Å². The highest BCUT2D eigenvalue weighted by Gasteiger charge is 2.03. The number of carbonyl (C=O) groups is 1. The number of carbonyl (C=O) groups excluding carboxylic acids is 1. The molecule has 0 aliphatic rings. The molecule has 0 radical (unpaired) electrons. The fraction of sp³-hybridized carbons (Fsp3) is 0.875. The van der Waals surface area contributed by atoms with E-state index in [1.54, 1.807) is 0 Å². The molecule has 0 unspecified atom stereocenters. The fourth-order valence-electron chi connectivity index (χ4n) is 0.968. The van der Waals surface area contributed by atoms with Crippen molar-refractivity contribution in [2.75, 3.05) is 25.4 Å². The van der Waals surface area contributed by atoms with Crippen LogP contribution in [0.4, 0.5) is 0 Å². The van der Waals surface area contributed by atoms with Gasteiger partial charge in [0.05, 0.1) is 5.75 Å². The summed E-state index contributed by atoms with van der Waals surface area (Å²) in [7, 11) is -3.41. The SMILES string of the molecule is CCNCCC(=O)NCCCS(N)(=O)=O. The molecule has 0 atom stereocenters.